The molecular weight excluding hydrogens is 244 g/mol. The van der Waals surface area contributed by atoms with E-state index in [9.17, 15) is 17.2 Å². The minimum atomic E-state index is -4.19. The minimum absolute atomic E-state index is 0.501. The van der Waals surface area contributed by atoms with Crippen molar-refractivity contribution in [1.82, 2.24) is 4.98 Å². The zero-order chi connectivity index (χ0) is 12.5. The number of aromatic nitrogens is 1. The maximum atomic E-state index is 12.6. The Bertz CT molecular complexity index is 504. The van der Waals surface area contributed by atoms with Crippen LogP contribution >= 0.6 is 0 Å². The van der Waals surface area contributed by atoms with Crippen molar-refractivity contribution in [3.63, 3.8) is 0 Å². The van der Waals surface area contributed by atoms with Crippen LogP contribution in [0.25, 0.3) is 0 Å². The summed E-state index contributed by atoms with van der Waals surface area (Å²) in [5.74, 6) is -1.08. The molecule has 0 bridgehead atoms. The molecule has 0 aliphatic rings. The summed E-state index contributed by atoms with van der Waals surface area (Å²) in [5, 5.41) is 4.82. The molecule has 1 heterocycles. The first-order valence-electron chi connectivity index (χ1n) is 3.92. The number of pyridine rings is 1. The SMILES string of the molecule is COc1c(S(N)(=O)=O)cnc(N)c1C(F)F. The van der Waals surface area contributed by atoms with Crippen molar-refractivity contribution in [3.05, 3.63) is 11.8 Å². The fourth-order valence-electron chi connectivity index (χ4n) is 1.13. The number of hydrogen-bond donors (Lipinski definition) is 2. The van der Waals surface area contributed by atoms with Gasteiger partial charge in [-0.3, -0.25) is 0 Å². The molecular formula is C7H9F2N3O3S. The van der Waals surface area contributed by atoms with E-state index in [1.165, 1.54) is 0 Å². The summed E-state index contributed by atoms with van der Waals surface area (Å²) in [6.45, 7) is 0. The Morgan fingerprint density at radius 1 is 1.50 bits per heavy atom. The molecule has 0 unspecified atom stereocenters. The molecule has 4 N–H and O–H groups in total. The van der Waals surface area contributed by atoms with E-state index < -0.39 is 38.5 Å². The van der Waals surface area contributed by atoms with Gasteiger partial charge in [-0.05, 0) is 0 Å². The third kappa shape index (κ3) is 2.19. The van der Waals surface area contributed by atoms with Gasteiger partial charge in [-0.15, -0.1) is 0 Å². The summed E-state index contributed by atoms with van der Waals surface area (Å²) >= 11 is 0. The van der Waals surface area contributed by atoms with E-state index >= 15 is 0 Å². The number of hydrogen-bond acceptors (Lipinski definition) is 5. The van der Waals surface area contributed by atoms with Gasteiger partial charge in [0.15, 0.2) is 5.75 Å². The number of anilines is 1. The number of methoxy groups -OCH3 is 1. The summed E-state index contributed by atoms with van der Waals surface area (Å²) in [6, 6.07) is 0. The number of rotatable bonds is 3. The molecule has 1 aromatic heterocycles. The van der Waals surface area contributed by atoms with Crippen LogP contribution in [-0.2, 0) is 10.0 Å². The zero-order valence-electron chi connectivity index (χ0n) is 8.15. The fourth-order valence-corrected chi connectivity index (χ4v) is 1.78. The zero-order valence-corrected chi connectivity index (χ0v) is 8.96. The lowest BCUT2D eigenvalue weighted by Gasteiger charge is -2.12. The first-order chi connectivity index (χ1) is 7.29. The van der Waals surface area contributed by atoms with Crippen LogP contribution in [-0.4, -0.2) is 20.5 Å². The van der Waals surface area contributed by atoms with Gasteiger partial charge in [0.05, 0.1) is 13.3 Å². The van der Waals surface area contributed by atoms with Crippen molar-refractivity contribution < 1.29 is 21.9 Å². The van der Waals surface area contributed by atoms with E-state index in [4.69, 9.17) is 10.9 Å². The third-order valence-corrected chi connectivity index (χ3v) is 2.70. The largest absolute Gasteiger partial charge is 0.495 e. The monoisotopic (exact) mass is 253 g/mol. The molecule has 0 amide bonds. The van der Waals surface area contributed by atoms with Gasteiger partial charge in [0, 0.05) is 0 Å². The van der Waals surface area contributed by atoms with E-state index in [0.29, 0.717) is 0 Å². The average Bonchev–Trinajstić information content (AvgIpc) is 2.14. The van der Waals surface area contributed by atoms with Gasteiger partial charge in [0.25, 0.3) is 6.43 Å². The van der Waals surface area contributed by atoms with E-state index in [-0.39, 0.29) is 0 Å². The van der Waals surface area contributed by atoms with Crippen molar-refractivity contribution in [2.45, 2.75) is 11.3 Å². The van der Waals surface area contributed by atoms with Crippen molar-refractivity contribution >= 4 is 15.8 Å². The molecule has 0 spiro atoms. The molecule has 0 aromatic carbocycles. The summed E-state index contributed by atoms with van der Waals surface area (Å²) in [4.78, 5) is 2.71. The van der Waals surface area contributed by atoms with Crippen LogP contribution in [0.2, 0.25) is 0 Å². The Kier molecular flexibility index (Phi) is 3.29. The second-order valence-electron chi connectivity index (χ2n) is 2.80. The Morgan fingerprint density at radius 3 is 2.44 bits per heavy atom. The highest BCUT2D eigenvalue weighted by molar-refractivity contribution is 7.89. The van der Waals surface area contributed by atoms with Crippen LogP contribution in [0.4, 0.5) is 14.6 Å². The molecule has 0 aliphatic heterocycles. The lowest BCUT2D eigenvalue weighted by atomic mass is 10.2. The molecule has 0 aliphatic carbocycles. The first kappa shape index (κ1) is 12.6. The molecule has 90 valence electrons. The Labute approximate surface area is 90.3 Å². The molecule has 9 heteroatoms. The first-order valence-corrected chi connectivity index (χ1v) is 5.47. The number of ether oxygens (including phenoxy) is 1. The molecule has 0 atom stereocenters. The van der Waals surface area contributed by atoms with E-state index in [0.717, 1.165) is 13.3 Å². The molecule has 1 aromatic rings. The number of sulfonamides is 1. The average molecular weight is 253 g/mol. The molecule has 6 nitrogen and oxygen atoms in total. The van der Waals surface area contributed by atoms with Crippen LogP contribution in [0.5, 0.6) is 5.75 Å². The van der Waals surface area contributed by atoms with E-state index in [1.54, 1.807) is 0 Å². The van der Waals surface area contributed by atoms with Gasteiger partial charge in [-0.25, -0.2) is 27.3 Å². The molecule has 1 rings (SSSR count). The number of primary sulfonamides is 1. The molecule has 0 radical (unpaired) electrons. The maximum Gasteiger partial charge on any atom is 0.271 e. The predicted molar refractivity (Wildman–Crippen MR) is 51.5 cm³/mol. The van der Waals surface area contributed by atoms with E-state index in [1.807, 2.05) is 0 Å². The highest BCUT2D eigenvalue weighted by Gasteiger charge is 2.26. The van der Waals surface area contributed by atoms with Crippen molar-refractivity contribution in [2.75, 3.05) is 12.8 Å². The Morgan fingerprint density at radius 2 is 2.06 bits per heavy atom. The standard InChI is InChI=1S/C7H9F2N3O3S/c1-15-5-3(16(11,13)14)2-12-7(10)4(5)6(8)9/h2,6H,1H3,(H2,10,12)(H2,11,13,14). The summed E-state index contributed by atoms with van der Waals surface area (Å²) < 4.78 is 51.9. The Balaban J connectivity index is 3.62. The van der Waals surface area contributed by atoms with Gasteiger partial charge < -0.3 is 10.5 Å². The molecule has 0 fully saturated rings. The Hall–Kier alpha value is -1.48. The number of halogens is 2. The highest BCUT2D eigenvalue weighted by atomic mass is 32.2. The second kappa shape index (κ2) is 4.18. The van der Waals surface area contributed by atoms with Crippen LogP contribution in [0.1, 0.15) is 12.0 Å². The molecule has 0 saturated heterocycles. The number of alkyl halides is 2. The van der Waals surface area contributed by atoms with Crippen LogP contribution in [0.3, 0.4) is 0 Å². The maximum absolute atomic E-state index is 12.6. The van der Waals surface area contributed by atoms with Crippen molar-refractivity contribution in [3.8, 4) is 5.75 Å². The highest BCUT2D eigenvalue weighted by Crippen LogP contribution is 2.36. The number of nitrogens with zero attached hydrogens (tertiary/aromatic N) is 1. The summed E-state index contributed by atoms with van der Waals surface area (Å²) in [5.41, 5.74) is 4.42. The lowest BCUT2D eigenvalue weighted by molar-refractivity contribution is 0.147. The number of nitrogen functional groups attached to an aromatic ring is 1. The van der Waals surface area contributed by atoms with Gasteiger partial charge >= 0.3 is 0 Å². The van der Waals surface area contributed by atoms with Gasteiger partial charge in [-0.2, -0.15) is 0 Å². The lowest BCUT2D eigenvalue weighted by Crippen LogP contribution is -2.16. The summed E-state index contributed by atoms with van der Waals surface area (Å²) in [6.07, 6.45) is -2.24. The van der Waals surface area contributed by atoms with Crippen LogP contribution in [0.15, 0.2) is 11.1 Å². The van der Waals surface area contributed by atoms with Gasteiger partial charge in [0.2, 0.25) is 10.0 Å². The van der Waals surface area contributed by atoms with E-state index in [2.05, 4.69) is 9.72 Å². The quantitative estimate of drug-likeness (QED) is 0.803. The number of nitrogens with two attached hydrogens (primary N) is 2. The van der Waals surface area contributed by atoms with Gasteiger partial charge in [0.1, 0.15) is 16.3 Å². The smallest absolute Gasteiger partial charge is 0.271 e. The molecule has 16 heavy (non-hydrogen) atoms. The third-order valence-electron chi connectivity index (χ3n) is 1.79. The van der Waals surface area contributed by atoms with Gasteiger partial charge in [-0.1, -0.05) is 0 Å². The predicted octanol–water partition coefficient (Wildman–Crippen LogP) is 0.257. The summed E-state index contributed by atoms with van der Waals surface area (Å²) in [7, 11) is -3.16. The fraction of sp³-hybridized carbons (Fsp3) is 0.286. The minimum Gasteiger partial charge on any atom is -0.495 e. The molecule has 0 saturated carbocycles. The van der Waals surface area contributed by atoms with Crippen molar-refractivity contribution in [1.29, 1.82) is 0 Å². The second-order valence-corrected chi connectivity index (χ2v) is 4.33. The van der Waals surface area contributed by atoms with Crippen LogP contribution < -0.4 is 15.6 Å². The van der Waals surface area contributed by atoms with Crippen molar-refractivity contribution in [2.24, 2.45) is 5.14 Å². The normalized spacial score (nSPS) is 11.8. The van der Waals surface area contributed by atoms with Crippen LogP contribution in [0, 0.1) is 0 Å². The topological polar surface area (TPSA) is 108 Å².